The van der Waals surface area contributed by atoms with E-state index in [4.69, 9.17) is 19.9 Å². The third-order valence-electron chi connectivity index (χ3n) is 3.10. The SMILES string of the molecule is COc1ccc(N2CCC(CN)OC2=O)cc1OC. The normalized spacial score (nSPS) is 19.0. The van der Waals surface area contributed by atoms with E-state index in [9.17, 15) is 4.79 Å². The Kier molecular flexibility index (Phi) is 4.11. The lowest BCUT2D eigenvalue weighted by Gasteiger charge is -2.31. The van der Waals surface area contributed by atoms with Crippen LogP contribution in [-0.2, 0) is 4.74 Å². The van der Waals surface area contributed by atoms with Crippen LogP contribution in [0.15, 0.2) is 18.2 Å². The van der Waals surface area contributed by atoms with Crippen LogP contribution in [0.25, 0.3) is 0 Å². The van der Waals surface area contributed by atoms with E-state index in [0.29, 0.717) is 24.6 Å². The number of rotatable bonds is 4. The number of nitrogens with zero attached hydrogens (tertiary/aromatic N) is 1. The van der Waals surface area contributed by atoms with Gasteiger partial charge in [-0.3, -0.25) is 4.90 Å². The van der Waals surface area contributed by atoms with Gasteiger partial charge < -0.3 is 19.9 Å². The first-order chi connectivity index (χ1) is 9.19. The fourth-order valence-corrected chi connectivity index (χ4v) is 2.02. The highest BCUT2D eigenvalue weighted by Gasteiger charge is 2.27. The van der Waals surface area contributed by atoms with E-state index >= 15 is 0 Å². The molecule has 2 rings (SSSR count). The molecule has 1 aliphatic heterocycles. The third-order valence-corrected chi connectivity index (χ3v) is 3.10. The van der Waals surface area contributed by atoms with Crippen molar-refractivity contribution in [2.24, 2.45) is 5.73 Å². The first-order valence-corrected chi connectivity index (χ1v) is 6.09. The van der Waals surface area contributed by atoms with Gasteiger partial charge in [-0.1, -0.05) is 0 Å². The highest BCUT2D eigenvalue weighted by Crippen LogP contribution is 2.32. The lowest BCUT2D eigenvalue weighted by molar-refractivity contribution is 0.0887. The average Bonchev–Trinajstić information content (AvgIpc) is 2.46. The molecule has 1 aliphatic rings. The highest BCUT2D eigenvalue weighted by molar-refractivity contribution is 5.88. The van der Waals surface area contributed by atoms with Gasteiger partial charge in [0.05, 0.1) is 19.9 Å². The van der Waals surface area contributed by atoms with Gasteiger partial charge in [-0.25, -0.2) is 4.79 Å². The summed E-state index contributed by atoms with van der Waals surface area (Å²) < 4.78 is 15.6. The molecule has 6 nitrogen and oxygen atoms in total. The summed E-state index contributed by atoms with van der Waals surface area (Å²) in [6.45, 7) is 0.932. The van der Waals surface area contributed by atoms with Crippen molar-refractivity contribution in [3.63, 3.8) is 0 Å². The van der Waals surface area contributed by atoms with Crippen LogP contribution < -0.4 is 20.1 Å². The zero-order valence-corrected chi connectivity index (χ0v) is 11.1. The van der Waals surface area contributed by atoms with Gasteiger partial charge in [-0.2, -0.15) is 0 Å². The van der Waals surface area contributed by atoms with E-state index in [1.165, 1.54) is 0 Å². The maximum Gasteiger partial charge on any atom is 0.414 e. The van der Waals surface area contributed by atoms with Crippen LogP contribution in [0.1, 0.15) is 6.42 Å². The van der Waals surface area contributed by atoms with Gasteiger partial charge in [0.15, 0.2) is 11.5 Å². The number of ether oxygens (including phenoxy) is 3. The maximum absolute atomic E-state index is 11.9. The van der Waals surface area contributed by atoms with E-state index in [-0.39, 0.29) is 12.2 Å². The molecule has 19 heavy (non-hydrogen) atoms. The van der Waals surface area contributed by atoms with Crippen LogP contribution in [-0.4, -0.2) is 39.5 Å². The van der Waals surface area contributed by atoms with E-state index in [1.807, 2.05) is 0 Å². The zero-order valence-electron chi connectivity index (χ0n) is 11.1. The molecule has 0 saturated carbocycles. The molecular weight excluding hydrogens is 248 g/mol. The number of hydrogen-bond donors (Lipinski definition) is 1. The summed E-state index contributed by atoms with van der Waals surface area (Å²) in [6, 6.07) is 5.31. The first-order valence-electron chi connectivity index (χ1n) is 6.09. The molecule has 104 valence electrons. The number of benzene rings is 1. The van der Waals surface area contributed by atoms with Gasteiger partial charge in [-0.05, 0) is 12.1 Å². The molecule has 2 N–H and O–H groups in total. The van der Waals surface area contributed by atoms with Gasteiger partial charge in [0.1, 0.15) is 6.10 Å². The second-order valence-electron chi connectivity index (χ2n) is 4.22. The molecule has 0 bridgehead atoms. The van der Waals surface area contributed by atoms with Gasteiger partial charge in [0.2, 0.25) is 0 Å². The Morgan fingerprint density at radius 1 is 1.37 bits per heavy atom. The van der Waals surface area contributed by atoms with Crippen molar-refractivity contribution in [3.8, 4) is 11.5 Å². The third kappa shape index (κ3) is 2.73. The van der Waals surface area contributed by atoms with E-state index in [1.54, 1.807) is 37.3 Å². The lowest BCUT2D eigenvalue weighted by Crippen LogP contribution is -2.44. The Balaban J connectivity index is 2.20. The van der Waals surface area contributed by atoms with E-state index in [2.05, 4.69) is 0 Å². The Labute approximate surface area is 112 Å². The molecule has 1 fully saturated rings. The lowest BCUT2D eigenvalue weighted by atomic mass is 10.2. The van der Waals surface area contributed by atoms with Crippen molar-refractivity contribution < 1.29 is 19.0 Å². The monoisotopic (exact) mass is 266 g/mol. The Morgan fingerprint density at radius 3 is 2.68 bits per heavy atom. The second kappa shape index (κ2) is 5.79. The standard InChI is InChI=1S/C13H18N2O4/c1-17-11-4-3-9(7-12(11)18-2)15-6-5-10(8-14)19-13(15)16/h3-4,7,10H,5-6,8,14H2,1-2H3. The van der Waals surface area contributed by atoms with Crippen molar-refractivity contribution in [3.05, 3.63) is 18.2 Å². The van der Waals surface area contributed by atoms with Gasteiger partial charge in [-0.15, -0.1) is 0 Å². The molecule has 1 atom stereocenters. The molecular formula is C13H18N2O4. The number of nitrogens with two attached hydrogens (primary N) is 1. The summed E-state index contributed by atoms with van der Waals surface area (Å²) in [5, 5.41) is 0. The van der Waals surface area contributed by atoms with Crippen molar-refractivity contribution in [1.29, 1.82) is 0 Å². The van der Waals surface area contributed by atoms with Gasteiger partial charge in [0.25, 0.3) is 0 Å². The number of cyclic esters (lactones) is 1. The molecule has 0 aromatic heterocycles. The number of methoxy groups -OCH3 is 2. The Morgan fingerprint density at radius 2 is 2.11 bits per heavy atom. The quantitative estimate of drug-likeness (QED) is 0.891. The van der Waals surface area contributed by atoms with Crippen LogP contribution >= 0.6 is 0 Å². The number of hydrogen-bond acceptors (Lipinski definition) is 5. The van der Waals surface area contributed by atoms with Crippen LogP contribution in [0.5, 0.6) is 11.5 Å². The summed E-state index contributed by atoms with van der Waals surface area (Å²) in [6.07, 6.45) is 0.147. The molecule has 1 saturated heterocycles. The molecule has 0 spiro atoms. The summed E-state index contributed by atoms with van der Waals surface area (Å²) in [4.78, 5) is 13.5. The summed E-state index contributed by atoms with van der Waals surface area (Å²) in [5.74, 6) is 1.20. The minimum atomic E-state index is -0.381. The largest absolute Gasteiger partial charge is 0.493 e. The zero-order chi connectivity index (χ0) is 13.8. The Hall–Kier alpha value is -1.95. The van der Waals surface area contributed by atoms with Gasteiger partial charge >= 0.3 is 6.09 Å². The molecule has 1 unspecified atom stereocenters. The molecule has 1 amide bonds. The van der Waals surface area contributed by atoms with Crippen molar-refractivity contribution in [2.75, 3.05) is 32.2 Å². The minimum Gasteiger partial charge on any atom is -0.493 e. The number of anilines is 1. The molecule has 6 heteroatoms. The Bertz CT molecular complexity index is 464. The van der Waals surface area contributed by atoms with Gasteiger partial charge in [0, 0.05) is 25.6 Å². The summed E-state index contributed by atoms with van der Waals surface area (Å²) in [5.41, 5.74) is 6.22. The molecule has 0 radical (unpaired) electrons. The topological polar surface area (TPSA) is 74.0 Å². The molecule has 0 aliphatic carbocycles. The summed E-state index contributed by atoms with van der Waals surface area (Å²) in [7, 11) is 3.12. The van der Waals surface area contributed by atoms with Crippen molar-refractivity contribution in [2.45, 2.75) is 12.5 Å². The van der Waals surface area contributed by atoms with Crippen LogP contribution in [0, 0.1) is 0 Å². The number of carbonyl (C=O) groups is 1. The van der Waals surface area contributed by atoms with Crippen LogP contribution in [0.3, 0.4) is 0 Å². The highest BCUT2D eigenvalue weighted by atomic mass is 16.6. The predicted molar refractivity (Wildman–Crippen MR) is 70.8 cm³/mol. The van der Waals surface area contributed by atoms with Crippen LogP contribution in [0.2, 0.25) is 0 Å². The minimum absolute atomic E-state index is 0.191. The van der Waals surface area contributed by atoms with Crippen molar-refractivity contribution in [1.82, 2.24) is 0 Å². The van der Waals surface area contributed by atoms with E-state index in [0.717, 1.165) is 12.1 Å². The number of amides is 1. The number of carbonyl (C=O) groups excluding carboxylic acids is 1. The average molecular weight is 266 g/mol. The fourth-order valence-electron chi connectivity index (χ4n) is 2.02. The smallest absolute Gasteiger partial charge is 0.414 e. The van der Waals surface area contributed by atoms with Crippen LogP contribution in [0.4, 0.5) is 10.5 Å². The first kappa shape index (κ1) is 13.5. The molecule has 1 aromatic carbocycles. The molecule has 1 aromatic rings. The second-order valence-corrected chi connectivity index (χ2v) is 4.22. The molecule has 1 heterocycles. The maximum atomic E-state index is 11.9. The summed E-state index contributed by atoms with van der Waals surface area (Å²) >= 11 is 0. The van der Waals surface area contributed by atoms with Crippen molar-refractivity contribution >= 4 is 11.8 Å². The predicted octanol–water partition coefficient (Wildman–Crippen LogP) is 1.38. The fraction of sp³-hybridized carbons (Fsp3) is 0.462. The van der Waals surface area contributed by atoms with E-state index < -0.39 is 0 Å².